The number of hydrogen-bond donors (Lipinski definition) is 0. The smallest absolute Gasteiger partial charge is 0.0720 e. The van der Waals surface area contributed by atoms with E-state index in [0.29, 0.717) is 0 Å². The Morgan fingerprint density at radius 1 is 0.882 bits per heavy atom. The van der Waals surface area contributed by atoms with Gasteiger partial charge in [-0.2, -0.15) is 0 Å². The van der Waals surface area contributed by atoms with Crippen LogP contribution in [-0.2, 0) is 0 Å². The van der Waals surface area contributed by atoms with Gasteiger partial charge in [0.05, 0.1) is 21.9 Å². The second-order valence-electron chi connectivity index (χ2n) is 3.28. The van der Waals surface area contributed by atoms with Gasteiger partial charge in [-0.1, -0.05) is 53.0 Å². The minimum absolute atomic E-state index is 1.09. The van der Waals surface area contributed by atoms with Crippen molar-refractivity contribution in [3.8, 4) is 12.3 Å². The molecular formula is C11H8S6. The molecule has 0 atom stereocenters. The van der Waals surface area contributed by atoms with Gasteiger partial charge in [0.1, 0.15) is 0 Å². The van der Waals surface area contributed by atoms with Crippen molar-refractivity contribution >= 4 is 70.6 Å². The number of thioether (sulfide) groups is 6. The third kappa shape index (κ3) is 2.60. The Morgan fingerprint density at radius 3 is 2.00 bits per heavy atom. The van der Waals surface area contributed by atoms with Crippen LogP contribution >= 0.6 is 70.6 Å². The minimum Gasteiger partial charge on any atom is -0.116 e. The largest absolute Gasteiger partial charge is 0.116 e. The summed E-state index contributed by atoms with van der Waals surface area (Å²) in [6, 6.07) is 0. The number of allylic oxidation sites excluding steroid dienone is 2. The monoisotopic (exact) mass is 332 g/mol. The fourth-order valence-electron chi connectivity index (χ4n) is 1.39. The normalized spacial score (nSPS) is 24.5. The first-order chi connectivity index (χ1) is 8.28. The third-order valence-electron chi connectivity index (χ3n) is 2.15. The third-order valence-corrected chi connectivity index (χ3v) is 11.0. The van der Waals surface area contributed by atoms with E-state index in [2.05, 4.69) is 12.8 Å². The molecule has 0 saturated heterocycles. The van der Waals surface area contributed by atoms with Crippen molar-refractivity contribution in [3.63, 3.8) is 0 Å². The molecule has 0 aliphatic carbocycles. The van der Waals surface area contributed by atoms with Crippen LogP contribution in [0.5, 0.6) is 0 Å². The summed E-state index contributed by atoms with van der Waals surface area (Å²) >= 11 is 11.5. The first kappa shape index (κ1) is 12.9. The van der Waals surface area contributed by atoms with Crippen molar-refractivity contribution in [3.05, 3.63) is 26.8 Å². The molecule has 3 aliphatic rings. The van der Waals surface area contributed by atoms with E-state index in [1.54, 1.807) is 11.8 Å². The molecule has 0 saturated carbocycles. The van der Waals surface area contributed by atoms with E-state index in [9.17, 15) is 0 Å². The molecule has 88 valence electrons. The van der Waals surface area contributed by atoms with E-state index < -0.39 is 0 Å². The molecule has 0 aromatic rings. The van der Waals surface area contributed by atoms with E-state index in [1.165, 1.54) is 33.4 Å². The summed E-state index contributed by atoms with van der Waals surface area (Å²) in [6.45, 7) is 2.11. The van der Waals surface area contributed by atoms with Crippen LogP contribution in [0.15, 0.2) is 26.8 Å². The molecule has 0 N–H and O–H groups in total. The van der Waals surface area contributed by atoms with Gasteiger partial charge in [0, 0.05) is 16.4 Å². The fourth-order valence-corrected chi connectivity index (χ4v) is 10.0. The number of terminal acetylenes is 1. The van der Waals surface area contributed by atoms with Gasteiger partial charge in [0.25, 0.3) is 0 Å². The predicted molar refractivity (Wildman–Crippen MR) is 90.9 cm³/mol. The average Bonchev–Trinajstić information content (AvgIpc) is 2.91. The van der Waals surface area contributed by atoms with Gasteiger partial charge in [-0.3, -0.25) is 0 Å². The molecule has 6 heteroatoms. The van der Waals surface area contributed by atoms with Crippen molar-refractivity contribution in [2.75, 3.05) is 11.5 Å². The SMILES string of the molecule is C#CC1=C(C)SC(=C2SC3=C(SCCS3)S2)S1. The van der Waals surface area contributed by atoms with Crippen LogP contribution in [0.4, 0.5) is 0 Å². The Labute approximate surface area is 127 Å². The molecule has 0 nitrogen and oxygen atoms in total. The van der Waals surface area contributed by atoms with Crippen molar-refractivity contribution in [2.24, 2.45) is 0 Å². The van der Waals surface area contributed by atoms with Gasteiger partial charge >= 0.3 is 0 Å². The first-order valence-corrected chi connectivity index (χ1v) is 10.1. The van der Waals surface area contributed by atoms with Crippen LogP contribution in [0.3, 0.4) is 0 Å². The zero-order valence-corrected chi connectivity index (χ0v) is 13.8. The zero-order chi connectivity index (χ0) is 11.8. The fraction of sp³-hybridized carbons (Fsp3) is 0.273. The van der Waals surface area contributed by atoms with Gasteiger partial charge < -0.3 is 0 Å². The quantitative estimate of drug-likeness (QED) is 0.530. The van der Waals surface area contributed by atoms with Crippen molar-refractivity contribution in [2.45, 2.75) is 6.92 Å². The summed E-state index contributed by atoms with van der Waals surface area (Å²) < 4.78 is 5.81. The predicted octanol–water partition coefficient (Wildman–Crippen LogP) is 5.54. The lowest BCUT2D eigenvalue weighted by Crippen LogP contribution is -1.88. The van der Waals surface area contributed by atoms with Crippen LogP contribution in [0.2, 0.25) is 0 Å². The van der Waals surface area contributed by atoms with E-state index >= 15 is 0 Å². The molecule has 0 radical (unpaired) electrons. The van der Waals surface area contributed by atoms with E-state index in [1.807, 2.05) is 58.8 Å². The summed E-state index contributed by atoms with van der Waals surface area (Å²) in [5, 5.41) is 0. The van der Waals surface area contributed by atoms with E-state index in [-0.39, 0.29) is 0 Å². The van der Waals surface area contributed by atoms with Crippen LogP contribution in [0, 0.1) is 12.3 Å². The maximum Gasteiger partial charge on any atom is 0.0720 e. The van der Waals surface area contributed by atoms with E-state index in [0.717, 1.165) is 4.91 Å². The Bertz CT molecular complexity index is 485. The van der Waals surface area contributed by atoms with Crippen molar-refractivity contribution in [1.29, 1.82) is 0 Å². The molecule has 0 unspecified atom stereocenters. The van der Waals surface area contributed by atoms with Crippen LogP contribution < -0.4 is 0 Å². The summed E-state index contributed by atoms with van der Waals surface area (Å²) in [5.41, 5.74) is 0. The highest BCUT2D eigenvalue weighted by Gasteiger charge is 2.30. The van der Waals surface area contributed by atoms with Crippen molar-refractivity contribution in [1.82, 2.24) is 0 Å². The van der Waals surface area contributed by atoms with Gasteiger partial charge in [-0.15, -0.1) is 29.9 Å². The number of rotatable bonds is 0. The topological polar surface area (TPSA) is 0 Å². The Balaban J connectivity index is 1.80. The highest BCUT2D eigenvalue weighted by molar-refractivity contribution is 8.43. The van der Waals surface area contributed by atoms with Gasteiger partial charge in [-0.25, -0.2) is 0 Å². The molecule has 3 heterocycles. The molecule has 0 aromatic carbocycles. The minimum atomic E-state index is 1.09. The Morgan fingerprint density at radius 2 is 1.47 bits per heavy atom. The molecule has 3 aliphatic heterocycles. The molecule has 17 heavy (non-hydrogen) atoms. The van der Waals surface area contributed by atoms with Gasteiger partial charge in [0.15, 0.2) is 0 Å². The molecule has 0 amide bonds. The van der Waals surface area contributed by atoms with Gasteiger partial charge in [0.2, 0.25) is 0 Å². The van der Waals surface area contributed by atoms with Crippen molar-refractivity contribution < 1.29 is 0 Å². The average molecular weight is 333 g/mol. The number of hydrogen-bond acceptors (Lipinski definition) is 6. The summed E-state index contributed by atoms with van der Waals surface area (Å²) in [7, 11) is 0. The summed E-state index contributed by atoms with van der Waals surface area (Å²) in [5.74, 6) is 5.26. The van der Waals surface area contributed by atoms with E-state index in [4.69, 9.17) is 6.42 Å². The summed E-state index contributed by atoms with van der Waals surface area (Å²) in [6.07, 6.45) is 5.51. The maximum absolute atomic E-state index is 5.51. The highest BCUT2D eigenvalue weighted by atomic mass is 32.3. The molecule has 0 spiro atoms. The molecular weight excluding hydrogens is 325 g/mol. The lowest BCUT2D eigenvalue weighted by Gasteiger charge is -2.08. The molecule has 3 rings (SSSR count). The molecule has 0 bridgehead atoms. The second-order valence-corrected chi connectivity index (χ2v) is 10.8. The zero-order valence-electron chi connectivity index (χ0n) is 8.94. The standard InChI is InChI=1S/C11H8S6/c1-3-7-6(2)14-10(15-7)11-16-8-9(17-11)13-5-4-12-8/h1H,4-5H2,2H3. The lowest BCUT2D eigenvalue weighted by molar-refractivity contribution is 1.56. The molecule has 0 fully saturated rings. The van der Waals surface area contributed by atoms with Crippen LogP contribution in [0.25, 0.3) is 0 Å². The molecule has 0 aromatic heterocycles. The van der Waals surface area contributed by atoms with Crippen LogP contribution in [0.1, 0.15) is 6.92 Å². The highest BCUT2D eigenvalue weighted by Crippen LogP contribution is 2.64. The maximum atomic E-state index is 5.51. The van der Waals surface area contributed by atoms with Gasteiger partial charge in [-0.05, 0) is 6.92 Å². The Kier molecular flexibility index (Phi) is 4.15. The van der Waals surface area contributed by atoms with Crippen LogP contribution in [-0.4, -0.2) is 11.5 Å². The second kappa shape index (κ2) is 5.48. The Hall–Kier alpha value is 0.880. The first-order valence-electron chi connectivity index (χ1n) is 4.91. The lowest BCUT2D eigenvalue weighted by atomic mass is 10.5. The summed E-state index contributed by atoms with van der Waals surface area (Å²) in [4.78, 5) is 2.36.